The lowest BCUT2D eigenvalue weighted by molar-refractivity contribution is -0.129. The molecular weight excluding hydrogens is 278 g/mol. The molecule has 0 aromatic heterocycles. The molecule has 0 aliphatic carbocycles. The predicted molar refractivity (Wildman–Crippen MR) is 83.4 cm³/mol. The SMILES string of the molecule is CCOc1cc(C#N)ccc1OC(=O)/C=C/c1ccccc1. The lowest BCUT2D eigenvalue weighted by Gasteiger charge is -2.09. The topological polar surface area (TPSA) is 59.3 Å². The van der Waals surface area contributed by atoms with Crippen LogP contribution in [0.1, 0.15) is 18.1 Å². The fourth-order valence-corrected chi connectivity index (χ4v) is 1.80. The minimum atomic E-state index is -0.505. The highest BCUT2D eigenvalue weighted by molar-refractivity contribution is 5.89. The maximum Gasteiger partial charge on any atom is 0.336 e. The van der Waals surface area contributed by atoms with Gasteiger partial charge in [-0.15, -0.1) is 0 Å². The number of benzene rings is 2. The first-order valence-corrected chi connectivity index (χ1v) is 6.85. The van der Waals surface area contributed by atoms with Crippen LogP contribution in [0.4, 0.5) is 0 Å². The molecule has 0 atom stereocenters. The van der Waals surface area contributed by atoms with Crippen molar-refractivity contribution in [2.24, 2.45) is 0 Å². The van der Waals surface area contributed by atoms with Crippen molar-refractivity contribution in [1.82, 2.24) is 0 Å². The van der Waals surface area contributed by atoms with Crippen molar-refractivity contribution in [1.29, 1.82) is 5.26 Å². The Hall–Kier alpha value is -3.06. The summed E-state index contributed by atoms with van der Waals surface area (Å²) in [4.78, 5) is 11.9. The van der Waals surface area contributed by atoms with E-state index < -0.39 is 5.97 Å². The molecule has 0 aliphatic rings. The highest BCUT2D eigenvalue weighted by atomic mass is 16.6. The first-order valence-electron chi connectivity index (χ1n) is 6.85. The molecule has 0 bridgehead atoms. The zero-order valence-electron chi connectivity index (χ0n) is 12.2. The van der Waals surface area contributed by atoms with Crippen molar-refractivity contribution < 1.29 is 14.3 Å². The highest BCUT2D eigenvalue weighted by Crippen LogP contribution is 2.28. The molecule has 2 aromatic carbocycles. The van der Waals surface area contributed by atoms with E-state index in [0.29, 0.717) is 23.7 Å². The third-order valence-electron chi connectivity index (χ3n) is 2.79. The molecule has 4 heteroatoms. The van der Waals surface area contributed by atoms with Crippen LogP contribution in [0.25, 0.3) is 6.08 Å². The van der Waals surface area contributed by atoms with Gasteiger partial charge in [-0.25, -0.2) is 4.79 Å². The summed E-state index contributed by atoms with van der Waals surface area (Å²) in [6.45, 7) is 2.24. The summed E-state index contributed by atoms with van der Waals surface area (Å²) < 4.78 is 10.6. The second kappa shape index (κ2) is 7.65. The summed E-state index contributed by atoms with van der Waals surface area (Å²) in [7, 11) is 0. The second-order valence-corrected chi connectivity index (χ2v) is 4.37. The van der Waals surface area contributed by atoms with Gasteiger partial charge in [0.25, 0.3) is 0 Å². The molecule has 0 radical (unpaired) electrons. The zero-order valence-corrected chi connectivity index (χ0v) is 12.2. The Balaban J connectivity index is 2.11. The highest BCUT2D eigenvalue weighted by Gasteiger charge is 2.09. The largest absolute Gasteiger partial charge is 0.490 e. The van der Waals surface area contributed by atoms with Gasteiger partial charge in [-0.1, -0.05) is 30.3 Å². The van der Waals surface area contributed by atoms with Gasteiger partial charge in [-0.05, 0) is 30.7 Å². The third kappa shape index (κ3) is 4.22. The number of rotatable bonds is 5. The van der Waals surface area contributed by atoms with Crippen LogP contribution in [0.5, 0.6) is 11.5 Å². The summed E-state index contributed by atoms with van der Waals surface area (Å²) >= 11 is 0. The maximum absolute atomic E-state index is 11.9. The summed E-state index contributed by atoms with van der Waals surface area (Å²) in [5, 5.41) is 8.89. The normalized spacial score (nSPS) is 10.2. The number of ether oxygens (including phenoxy) is 2. The van der Waals surface area contributed by atoms with Gasteiger partial charge in [0.05, 0.1) is 18.2 Å². The maximum atomic E-state index is 11.9. The molecule has 2 aromatic rings. The Labute approximate surface area is 129 Å². The van der Waals surface area contributed by atoms with E-state index in [2.05, 4.69) is 0 Å². The Bertz CT molecular complexity index is 715. The monoisotopic (exact) mass is 293 g/mol. The van der Waals surface area contributed by atoms with Crippen molar-refractivity contribution in [3.05, 3.63) is 65.7 Å². The lowest BCUT2D eigenvalue weighted by Crippen LogP contribution is -2.06. The van der Waals surface area contributed by atoms with E-state index in [1.54, 1.807) is 24.3 Å². The van der Waals surface area contributed by atoms with Crippen LogP contribution in [0.15, 0.2) is 54.6 Å². The fourth-order valence-electron chi connectivity index (χ4n) is 1.80. The fraction of sp³-hybridized carbons (Fsp3) is 0.111. The molecule has 0 saturated heterocycles. The van der Waals surface area contributed by atoms with E-state index in [9.17, 15) is 4.79 Å². The van der Waals surface area contributed by atoms with E-state index >= 15 is 0 Å². The molecule has 0 saturated carbocycles. The standard InChI is InChI=1S/C18H15NO3/c1-2-21-17-12-15(13-19)8-10-16(17)22-18(20)11-9-14-6-4-3-5-7-14/h3-12H,2H2,1H3/b11-9+. The lowest BCUT2D eigenvalue weighted by atomic mass is 10.2. The Morgan fingerprint density at radius 1 is 1.18 bits per heavy atom. The summed E-state index contributed by atoms with van der Waals surface area (Å²) in [5.41, 5.74) is 1.35. The zero-order chi connectivity index (χ0) is 15.8. The molecule has 0 spiro atoms. The number of nitrogens with zero attached hydrogens (tertiary/aromatic N) is 1. The van der Waals surface area contributed by atoms with E-state index in [0.717, 1.165) is 5.56 Å². The Kier molecular flexibility index (Phi) is 5.33. The number of hydrogen-bond donors (Lipinski definition) is 0. The smallest absolute Gasteiger partial charge is 0.336 e. The molecule has 2 rings (SSSR count). The molecule has 0 amide bonds. The minimum absolute atomic E-state index is 0.295. The van der Waals surface area contributed by atoms with Gasteiger partial charge in [-0.3, -0.25) is 0 Å². The number of carbonyl (C=O) groups is 1. The van der Waals surface area contributed by atoms with Gasteiger partial charge in [-0.2, -0.15) is 5.26 Å². The van der Waals surface area contributed by atoms with E-state index in [1.807, 2.05) is 43.3 Å². The van der Waals surface area contributed by atoms with Gasteiger partial charge in [0, 0.05) is 12.1 Å². The van der Waals surface area contributed by atoms with Crippen molar-refractivity contribution in [2.45, 2.75) is 6.92 Å². The first-order chi connectivity index (χ1) is 10.7. The molecule has 0 unspecified atom stereocenters. The van der Waals surface area contributed by atoms with Crippen LogP contribution in [-0.4, -0.2) is 12.6 Å². The summed E-state index contributed by atoms with van der Waals surface area (Å²) in [6, 6.07) is 16.1. The minimum Gasteiger partial charge on any atom is -0.490 e. The first kappa shape index (κ1) is 15.3. The molecule has 0 aliphatic heterocycles. The van der Waals surface area contributed by atoms with Crippen molar-refractivity contribution in [3.63, 3.8) is 0 Å². The van der Waals surface area contributed by atoms with Crippen molar-refractivity contribution >= 4 is 12.0 Å². The van der Waals surface area contributed by atoms with Crippen LogP contribution >= 0.6 is 0 Å². The third-order valence-corrected chi connectivity index (χ3v) is 2.79. The summed E-state index contributed by atoms with van der Waals surface area (Å²) in [6.07, 6.45) is 3.02. The Morgan fingerprint density at radius 3 is 2.64 bits per heavy atom. The quantitative estimate of drug-likeness (QED) is 0.480. The van der Waals surface area contributed by atoms with Crippen LogP contribution in [-0.2, 0) is 4.79 Å². The van der Waals surface area contributed by atoms with Gasteiger partial charge in [0.2, 0.25) is 0 Å². The van der Waals surface area contributed by atoms with Crippen molar-refractivity contribution in [3.8, 4) is 17.6 Å². The van der Waals surface area contributed by atoms with Crippen LogP contribution in [0, 0.1) is 11.3 Å². The molecule has 0 fully saturated rings. The van der Waals surface area contributed by atoms with Crippen LogP contribution in [0.3, 0.4) is 0 Å². The average molecular weight is 293 g/mol. The predicted octanol–water partition coefficient (Wildman–Crippen LogP) is 3.58. The van der Waals surface area contributed by atoms with E-state index in [4.69, 9.17) is 14.7 Å². The molecular formula is C18H15NO3. The second-order valence-electron chi connectivity index (χ2n) is 4.37. The van der Waals surface area contributed by atoms with Gasteiger partial charge in [0.15, 0.2) is 11.5 Å². The van der Waals surface area contributed by atoms with Gasteiger partial charge < -0.3 is 9.47 Å². The molecule has 110 valence electrons. The Morgan fingerprint density at radius 2 is 1.95 bits per heavy atom. The molecule has 0 N–H and O–H groups in total. The van der Waals surface area contributed by atoms with Crippen molar-refractivity contribution in [2.75, 3.05) is 6.61 Å². The van der Waals surface area contributed by atoms with Crippen LogP contribution in [0.2, 0.25) is 0 Å². The summed E-state index contributed by atoms with van der Waals surface area (Å²) in [5.74, 6) is 0.168. The number of hydrogen-bond acceptors (Lipinski definition) is 4. The molecule has 0 heterocycles. The number of carbonyl (C=O) groups excluding carboxylic acids is 1. The molecule has 4 nitrogen and oxygen atoms in total. The number of nitriles is 1. The van der Waals surface area contributed by atoms with Gasteiger partial charge >= 0.3 is 5.97 Å². The van der Waals surface area contributed by atoms with E-state index in [1.165, 1.54) is 6.08 Å². The van der Waals surface area contributed by atoms with Gasteiger partial charge in [0.1, 0.15) is 0 Å². The molecule has 22 heavy (non-hydrogen) atoms. The van der Waals surface area contributed by atoms with Crippen LogP contribution < -0.4 is 9.47 Å². The average Bonchev–Trinajstić information content (AvgIpc) is 2.56. The number of esters is 1. The van der Waals surface area contributed by atoms with E-state index in [-0.39, 0.29) is 0 Å².